The zero-order valence-electron chi connectivity index (χ0n) is 9.12. The predicted molar refractivity (Wildman–Crippen MR) is 60.2 cm³/mol. The summed E-state index contributed by atoms with van der Waals surface area (Å²) in [4.78, 5) is 8.06. The highest BCUT2D eigenvalue weighted by molar-refractivity contribution is 5.45. The first kappa shape index (κ1) is 10.2. The summed E-state index contributed by atoms with van der Waals surface area (Å²) in [5.41, 5.74) is 2.99. The van der Waals surface area contributed by atoms with Gasteiger partial charge in [0.25, 0.3) is 0 Å². The summed E-state index contributed by atoms with van der Waals surface area (Å²) in [6.07, 6.45) is 2.78. The van der Waals surface area contributed by atoms with Crippen LogP contribution in [0, 0.1) is 11.3 Å². The molecule has 0 radical (unpaired) electrons. The number of aromatic nitrogens is 2. The molecule has 0 aliphatic heterocycles. The molecule has 1 aliphatic carbocycles. The van der Waals surface area contributed by atoms with Crippen LogP contribution < -0.4 is 16.6 Å². The Hall–Kier alpha value is -1.36. The maximum Gasteiger partial charge on any atom is 0.145 e. The van der Waals surface area contributed by atoms with E-state index in [1.807, 2.05) is 0 Å². The van der Waals surface area contributed by atoms with E-state index >= 15 is 0 Å². The molecule has 1 saturated carbocycles. The van der Waals surface area contributed by atoms with Gasteiger partial charge in [-0.2, -0.15) is 0 Å². The monoisotopic (exact) mass is 207 g/mol. The lowest BCUT2D eigenvalue weighted by molar-refractivity contribution is 0.573. The second kappa shape index (κ2) is 3.66. The van der Waals surface area contributed by atoms with Crippen LogP contribution in [0.2, 0.25) is 0 Å². The molecule has 0 saturated heterocycles. The van der Waals surface area contributed by atoms with Crippen molar-refractivity contribution in [1.82, 2.24) is 9.97 Å². The van der Waals surface area contributed by atoms with Gasteiger partial charge in [0.1, 0.15) is 18.0 Å². The first-order valence-corrected chi connectivity index (χ1v) is 5.14. The van der Waals surface area contributed by atoms with E-state index < -0.39 is 0 Å². The van der Waals surface area contributed by atoms with Gasteiger partial charge in [-0.05, 0) is 17.8 Å². The maximum absolute atomic E-state index is 5.26. The molecule has 1 unspecified atom stereocenters. The number of hydrazine groups is 1. The van der Waals surface area contributed by atoms with Crippen LogP contribution in [-0.2, 0) is 0 Å². The molecule has 15 heavy (non-hydrogen) atoms. The second-order valence-corrected chi connectivity index (χ2v) is 4.70. The molecule has 0 aromatic carbocycles. The molecule has 5 heteroatoms. The molecule has 1 atom stereocenters. The van der Waals surface area contributed by atoms with Crippen molar-refractivity contribution in [2.45, 2.75) is 20.3 Å². The summed E-state index contributed by atoms with van der Waals surface area (Å²) >= 11 is 0. The van der Waals surface area contributed by atoms with Crippen molar-refractivity contribution in [1.29, 1.82) is 0 Å². The Morgan fingerprint density at radius 1 is 1.47 bits per heavy atom. The third-order valence-electron chi connectivity index (χ3n) is 3.06. The Balaban J connectivity index is 1.88. The minimum absolute atomic E-state index is 0.495. The van der Waals surface area contributed by atoms with Crippen LogP contribution in [0.4, 0.5) is 11.6 Å². The Morgan fingerprint density at radius 2 is 2.13 bits per heavy atom. The number of nitrogens with zero attached hydrogens (tertiary/aromatic N) is 2. The van der Waals surface area contributed by atoms with Gasteiger partial charge in [-0.1, -0.05) is 13.8 Å². The Bertz CT molecular complexity index is 349. The average molecular weight is 207 g/mol. The van der Waals surface area contributed by atoms with Gasteiger partial charge >= 0.3 is 0 Å². The van der Waals surface area contributed by atoms with E-state index in [1.165, 1.54) is 12.7 Å². The largest absolute Gasteiger partial charge is 0.370 e. The first-order chi connectivity index (χ1) is 7.12. The smallest absolute Gasteiger partial charge is 0.145 e. The fraction of sp³-hybridized carbons (Fsp3) is 0.600. The van der Waals surface area contributed by atoms with Crippen molar-refractivity contribution < 1.29 is 0 Å². The van der Waals surface area contributed by atoms with Gasteiger partial charge in [-0.25, -0.2) is 15.8 Å². The molecule has 0 amide bonds. The topological polar surface area (TPSA) is 75.9 Å². The van der Waals surface area contributed by atoms with E-state index in [0.29, 0.717) is 11.2 Å². The van der Waals surface area contributed by atoms with E-state index in [-0.39, 0.29) is 0 Å². The third kappa shape index (κ3) is 2.36. The van der Waals surface area contributed by atoms with Gasteiger partial charge in [0.15, 0.2) is 0 Å². The van der Waals surface area contributed by atoms with Crippen LogP contribution in [0.5, 0.6) is 0 Å². The van der Waals surface area contributed by atoms with Crippen molar-refractivity contribution in [3.05, 3.63) is 12.4 Å². The Kier molecular flexibility index (Phi) is 2.48. The lowest BCUT2D eigenvalue weighted by atomic mass is 10.1. The van der Waals surface area contributed by atoms with Crippen LogP contribution in [0.3, 0.4) is 0 Å². The van der Waals surface area contributed by atoms with Gasteiger partial charge < -0.3 is 10.7 Å². The number of hydrogen-bond donors (Lipinski definition) is 3. The highest BCUT2D eigenvalue weighted by atomic mass is 15.3. The number of rotatable bonds is 4. The van der Waals surface area contributed by atoms with Crippen LogP contribution in [0.25, 0.3) is 0 Å². The zero-order chi connectivity index (χ0) is 10.9. The predicted octanol–water partition coefficient (Wildman–Crippen LogP) is 1.22. The molecule has 1 heterocycles. The molecule has 1 aliphatic rings. The van der Waals surface area contributed by atoms with Crippen LogP contribution in [0.15, 0.2) is 12.4 Å². The van der Waals surface area contributed by atoms with Gasteiger partial charge in [0, 0.05) is 12.6 Å². The van der Waals surface area contributed by atoms with E-state index in [0.717, 1.165) is 18.3 Å². The molecule has 5 nitrogen and oxygen atoms in total. The lowest BCUT2D eigenvalue weighted by Crippen LogP contribution is -2.11. The van der Waals surface area contributed by atoms with E-state index in [2.05, 4.69) is 34.6 Å². The SMILES string of the molecule is CC1(C)CC1CNc1cc(NN)ncn1. The molecule has 1 aromatic rings. The third-order valence-corrected chi connectivity index (χ3v) is 3.06. The van der Waals surface area contributed by atoms with Crippen molar-refractivity contribution in [3.8, 4) is 0 Å². The van der Waals surface area contributed by atoms with E-state index in [4.69, 9.17) is 5.84 Å². The summed E-state index contributed by atoms with van der Waals surface area (Å²) in [6.45, 7) is 5.53. The molecular weight excluding hydrogens is 190 g/mol. The Morgan fingerprint density at radius 3 is 2.73 bits per heavy atom. The summed E-state index contributed by atoms with van der Waals surface area (Å²) in [6, 6.07) is 1.80. The number of nitrogen functional groups attached to an aromatic ring is 1. The number of anilines is 2. The maximum atomic E-state index is 5.26. The van der Waals surface area contributed by atoms with Crippen molar-refractivity contribution in [2.24, 2.45) is 17.2 Å². The van der Waals surface area contributed by atoms with Crippen LogP contribution >= 0.6 is 0 Å². The van der Waals surface area contributed by atoms with Gasteiger partial charge in [-0.3, -0.25) is 0 Å². The van der Waals surface area contributed by atoms with Crippen molar-refractivity contribution in [3.63, 3.8) is 0 Å². The highest BCUT2D eigenvalue weighted by Crippen LogP contribution is 2.51. The molecule has 4 N–H and O–H groups in total. The molecule has 1 fully saturated rings. The van der Waals surface area contributed by atoms with E-state index in [9.17, 15) is 0 Å². The number of hydrogen-bond acceptors (Lipinski definition) is 5. The Labute approximate surface area is 89.5 Å². The highest BCUT2D eigenvalue weighted by Gasteiger charge is 2.44. The van der Waals surface area contributed by atoms with Crippen molar-refractivity contribution >= 4 is 11.6 Å². The van der Waals surface area contributed by atoms with Crippen molar-refractivity contribution in [2.75, 3.05) is 17.3 Å². The second-order valence-electron chi connectivity index (χ2n) is 4.70. The number of nitrogens with one attached hydrogen (secondary N) is 2. The summed E-state index contributed by atoms with van der Waals surface area (Å²) < 4.78 is 0. The normalized spacial score (nSPS) is 22.2. The fourth-order valence-corrected chi connectivity index (χ4v) is 1.69. The molecule has 0 spiro atoms. The van der Waals surface area contributed by atoms with Gasteiger partial charge in [0.05, 0.1) is 0 Å². The minimum Gasteiger partial charge on any atom is -0.370 e. The van der Waals surface area contributed by atoms with Gasteiger partial charge in [-0.15, -0.1) is 0 Å². The minimum atomic E-state index is 0.495. The lowest BCUT2D eigenvalue weighted by Gasteiger charge is -2.07. The standard InChI is InChI=1S/C10H17N5/c1-10(2)4-7(10)5-12-8-3-9(15-11)14-6-13-8/h3,6-7H,4-5,11H2,1-2H3,(H2,12,13,14,15). The van der Waals surface area contributed by atoms with Crippen LogP contribution in [-0.4, -0.2) is 16.5 Å². The molecule has 2 rings (SSSR count). The van der Waals surface area contributed by atoms with E-state index in [1.54, 1.807) is 6.07 Å². The quantitative estimate of drug-likeness (QED) is 0.511. The number of nitrogens with two attached hydrogens (primary N) is 1. The zero-order valence-corrected chi connectivity index (χ0v) is 9.12. The molecule has 82 valence electrons. The van der Waals surface area contributed by atoms with Crippen LogP contribution in [0.1, 0.15) is 20.3 Å². The summed E-state index contributed by atoms with van der Waals surface area (Å²) in [5.74, 6) is 7.46. The van der Waals surface area contributed by atoms with Gasteiger partial charge in [0.2, 0.25) is 0 Å². The summed E-state index contributed by atoms with van der Waals surface area (Å²) in [7, 11) is 0. The molecule has 1 aromatic heterocycles. The molecule has 0 bridgehead atoms. The first-order valence-electron chi connectivity index (χ1n) is 5.14. The average Bonchev–Trinajstić information content (AvgIpc) is 2.84. The fourth-order valence-electron chi connectivity index (χ4n) is 1.69. The summed E-state index contributed by atoms with van der Waals surface area (Å²) in [5, 5.41) is 3.29. The molecular formula is C10H17N5.